The predicted molar refractivity (Wildman–Crippen MR) is 79.3 cm³/mol. The lowest BCUT2D eigenvalue weighted by molar-refractivity contribution is -0.156. The van der Waals surface area contributed by atoms with E-state index in [2.05, 4.69) is 0 Å². The lowest BCUT2D eigenvalue weighted by atomic mass is 9.83. The SMILES string of the molecule is CCOC(=O)[C@H](C)[C@](C)(O)c1ccc2ccccc2c1. The molecule has 0 aliphatic heterocycles. The minimum absolute atomic E-state index is 0.316. The second kappa shape index (κ2) is 5.63. The second-order valence-electron chi connectivity index (χ2n) is 5.18. The van der Waals surface area contributed by atoms with Gasteiger partial charge < -0.3 is 9.84 Å². The van der Waals surface area contributed by atoms with Crippen LogP contribution in [0.15, 0.2) is 42.5 Å². The van der Waals surface area contributed by atoms with E-state index in [4.69, 9.17) is 4.74 Å². The van der Waals surface area contributed by atoms with Crippen molar-refractivity contribution in [2.45, 2.75) is 26.4 Å². The van der Waals surface area contributed by atoms with Gasteiger partial charge in [-0.1, -0.05) is 36.4 Å². The monoisotopic (exact) mass is 272 g/mol. The van der Waals surface area contributed by atoms with Crippen LogP contribution in [0.5, 0.6) is 0 Å². The zero-order valence-electron chi connectivity index (χ0n) is 12.1. The Labute approximate surface area is 119 Å². The molecule has 3 heteroatoms. The van der Waals surface area contributed by atoms with E-state index < -0.39 is 11.5 Å². The first-order valence-corrected chi connectivity index (χ1v) is 6.85. The first-order valence-electron chi connectivity index (χ1n) is 6.85. The highest BCUT2D eigenvalue weighted by atomic mass is 16.5. The number of aliphatic hydroxyl groups is 1. The van der Waals surface area contributed by atoms with Crippen LogP contribution in [-0.4, -0.2) is 17.7 Å². The number of rotatable bonds is 4. The highest BCUT2D eigenvalue weighted by molar-refractivity contribution is 5.83. The Balaban J connectivity index is 2.37. The molecule has 2 aromatic carbocycles. The van der Waals surface area contributed by atoms with Crippen molar-refractivity contribution in [1.29, 1.82) is 0 Å². The molecule has 20 heavy (non-hydrogen) atoms. The summed E-state index contributed by atoms with van der Waals surface area (Å²) >= 11 is 0. The van der Waals surface area contributed by atoms with E-state index in [0.29, 0.717) is 6.61 Å². The lowest BCUT2D eigenvalue weighted by Gasteiger charge is -2.29. The molecular formula is C17H20O3. The van der Waals surface area contributed by atoms with Crippen molar-refractivity contribution in [3.8, 4) is 0 Å². The fourth-order valence-corrected chi connectivity index (χ4v) is 2.25. The summed E-state index contributed by atoms with van der Waals surface area (Å²) in [5.41, 5.74) is -0.534. The van der Waals surface area contributed by atoms with Crippen LogP contribution in [0.3, 0.4) is 0 Å². The molecule has 0 heterocycles. The van der Waals surface area contributed by atoms with Crippen LogP contribution >= 0.6 is 0 Å². The molecule has 3 nitrogen and oxygen atoms in total. The van der Waals surface area contributed by atoms with E-state index >= 15 is 0 Å². The molecule has 0 aliphatic rings. The summed E-state index contributed by atoms with van der Waals surface area (Å²) in [7, 11) is 0. The van der Waals surface area contributed by atoms with Crippen molar-refractivity contribution in [2.24, 2.45) is 5.92 Å². The van der Waals surface area contributed by atoms with E-state index in [1.54, 1.807) is 20.8 Å². The lowest BCUT2D eigenvalue weighted by Crippen LogP contribution is -2.36. The van der Waals surface area contributed by atoms with Gasteiger partial charge in [-0.25, -0.2) is 0 Å². The number of esters is 1. The van der Waals surface area contributed by atoms with Gasteiger partial charge in [-0.05, 0) is 43.2 Å². The molecule has 0 aromatic heterocycles. The summed E-state index contributed by atoms with van der Waals surface area (Å²) in [6.07, 6.45) is 0. The number of carbonyl (C=O) groups is 1. The number of benzene rings is 2. The van der Waals surface area contributed by atoms with Gasteiger partial charge >= 0.3 is 5.97 Å². The smallest absolute Gasteiger partial charge is 0.311 e. The van der Waals surface area contributed by atoms with Crippen molar-refractivity contribution >= 4 is 16.7 Å². The minimum Gasteiger partial charge on any atom is -0.466 e. The number of hydrogen-bond donors (Lipinski definition) is 1. The Kier molecular flexibility index (Phi) is 4.09. The van der Waals surface area contributed by atoms with Crippen LogP contribution in [0.25, 0.3) is 10.8 Å². The Morgan fingerprint density at radius 1 is 1.25 bits per heavy atom. The van der Waals surface area contributed by atoms with Crippen molar-refractivity contribution < 1.29 is 14.6 Å². The fourth-order valence-electron chi connectivity index (χ4n) is 2.25. The van der Waals surface area contributed by atoms with Gasteiger partial charge in [-0.3, -0.25) is 4.79 Å². The van der Waals surface area contributed by atoms with Gasteiger partial charge in [0.05, 0.1) is 18.1 Å². The molecule has 2 rings (SSSR count). The molecule has 0 amide bonds. The van der Waals surface area contributed by atoms with E-state index in [9.17, 15) is 9.90 Å². The first kappa shape index (κ1) is 14.5. The number of hydrogen-bond acceptors (Lipinski definition) is 3. The largest absolute Gasteiger partial charge is 0.466 e. The number of carbonyl (C=O) groups excluding carboxylic acids is 1. The summed E-state index contributed by atoms with van der Waals surface area (Å²) in [6.45, 7) is 5.41. The highest BCUT2D eigenvalue weighted by Crippen LogP contribution is 2.32. The average molecular weight is 272 g/mol. The van der Waals surface area contributed by atoms with E-state index in [0.717, 1.165) is 16.3 Å². The summed E-state index contributed by atoms with van der Waals surface area (Å²) in [6, 6.07) is 13.7. The van der Waals surface area contributed by atoms with Crippen LogP contribution < -0.4 is 0 Å². The molecule has 0 saturated heterocycles. The Bertz CT molecular complexity index is 616. The number of ether oxygens (including phenoxy) is 1. The molecule has 0 saturated carbocycles. The molecule has 0 spiro atoms. The van der Waals surface area contributed by atoms with E-state index in [-0.39, 0.29) is 5.97 Å². The van der Waals surface area contributed by atoms with Crippen molar-refractivity contribution in [3.63, 3.8) is 0 Å². The van der Waals surface area contributed by atoms with Crippen LogP contribution in [-0.2, 0) is 15.1 Å². The van der Waals surface area contributed by atoms with Gasteiger partial charge in [0.2, 0.25) is 0 Å². The molecule has 106 valence electrons. The molecule has 2 atom stereocenters. The summed E-state index contributed by atoms with van der Waals surface area (Å²) in [5.74, 6) is -1.01. The number of fused-ring (bicyclic) bond motifs is 1. The Hall–Kier alpha value is -1.87. The van der Waals surface area contributed by atoms with Crippen molar-refractivity contribution in [3.05, 3.63) is 48.0 Å². The van der Waals surface area contributed by atoms with Gasteiger partial charge in [0.15, 0.2) is 0 Å². The summed E-state index contributed by atoms with van der Waals surface area (Å²) < 4.78 is 5.00. The maximum atomic E-state index is 11.8. The van der Waals surface area contributed by atoms with E-state index in [1.807, 2.05) is 42.5 Å². The topological polar surface area (TPSA) is 46.5 Å². The third-order valence-corrected chi connectivity index (χ3v) is 3.82. The molecule has 1 N–H and O–H groups in total. The summed E-state index contributed by atoms with van der Waals surface area (Å²) in [5, 5.41) is 12.9. The van der Waals surface area contributed by atoms with E-state index in [1.165, 1.54) is 0 Å². The standard InChI is InChI=1S/C17H20O3/c1-4-20-16(18)12(2)17(3,19)15-10-9-13-7-5-6-8-14(13)11-15/h5-12,19H,4H2,1-3H3/t12-,17-/m0/s1. The quantitative estimate of drug-likeness (QED) is 0.869. The maximum Gasteiger partial charge on any atom is 0.311 e. The van der Waals surface area contributed by atoms with Crippen molar-refractivity contribution in [2.75, 3.05) is 6.61 Å². The molecule has 0 radical (unpaired) electrons. The molecule has 0 unspecified atom stereocenters. The summed E-state index contributed by atoms with van der Waals surface area (Å²) in [4.78, 5) is 11.8. The fraction of sp³-hybridized carbons (Fsp3) is 0.353. The molecule has 2 aromatic rings. The average Bonchev–Trinajstić information content (AvgIpc) is 2.46. The van der Waals surface area contributed by atoms with Crippen LogP contribution in [0.1, 0.15) is 26.3 Å². The molecular weight excluding hydrogens is 252 g/mol. The Morgan fingerprint density at radius 3 is 2.55 bits per heavy atom. The Morgan fingerprint density at radius 2 is 1.90 bits per heavy atom. The zero-order valence-corrected chi connectivity index (χ0v) is 12.1. The zero-order chi connectivity index (χ0) is 14.8. The first-order chi connectivity index (χ1) is 9.46. The molecule has 0 fully saturated rings. The van der Waals surface area contributed by atoms with Gasteiger partial charge in [-0.2, -0.15) is 0 Å². The highest BCUT2D eigenvalue weighted by Gasteiger charge is 2.36. The van der Waals surface area contributed by atoms with Gasteiger partial charge in [0.25, 0.3) is 0 Å². The van der Waals surface area contributed by atoms with Gasteiger partial charge in [-0.15, -0.1) is 0 Å². The van der Waals surface area contributed by atoms with Gasteiger partial charge in [0, 0.05) is 0 Å². The molecule has 0 aliphatic carbocycles. The minimum atomic E-state index is -1.25. The maximum absolute atomic E-state index is 11.8. The van der Waals surface area contributed by atoms with Crippen LogP contribution in [0.2, 0.25) is 0 Å². The van der Waals surface area contributed by atoms with Crippen LogP contribution in [0, 0.1) is 5.92 Å². The van der Waals surface area contributed by atoms with Gasteiger partial charge in [0.1, 0.15) is 0 Å². The molecule has 0 bridgehead atoms. The third kappa shape index (κ3) is 2.68. The van der Waals surface area contributed by atoms with Crippen molar-refractivity contribution in [1.82, 2.24) is 0 Å². The normalized spacial score (nSPS) is 15.6. The van der Waals surface area contributed by atoms with Crippen LogP contribution in [0.4, 0.5) is 0 Å². The predicted octanol–water partition coefficient (Wildman–Crippen LogP) is 3.25. The second-order valence-corrected chi connectivity index (χ2v) is 5.18. The third-order valence-electron chi connectivity index (χ3n) is 3.82.